The number of benzene rings is 1. The van der Waals surface area contributed by atoms with E-state index in [1.807, 2.05) is 28.9 Å². The Labute approximate surface area is 101 Å². The fraction of sp³-hybridized carbons (Fsp3) is 0.385. The monoisotopic (exact) mass is 230 g/mol. The fourth-order valence-corrected chi connectivity index (χ4v) is 1.92. The van der Waals surface area contributed by atoms with Crippen LogP contribution in [0.3, 0.4) is 0 Å². The minimum atomic E-state index is 0.428. The smallest absolute Gasteiger partial charge is 0.181 e. The second-order valence-electron chi connectivity index (χ2n) is 4.14. The molecule has 17 heavy (non-hydrogen) atoms. The summed E-state index contributed by atoms with van der Waals surface area (Å²) >= 11 is 0. The van der Waals surface area contributed by atoms with E-state index in [4.69, 9.17) is 5.73 Å². The van der Waals surface area contributed by atoms with Gasteiger partial charge in [0.05, 0.1) is 6.04 Å². The van der Waals surface area contributed by atoms with Gasteiger partial charge in [0.15, 0.2) is 5.82 Å². The number of nitrogens with two attached hydrogens (primary N) is 1. The molecule has 2 aromatic rings. The lowest BCUT2D eigenvalue weighted by atomic mass is 10.2. The predicted molar refractivity (Wildman–Crippen MR) is 69.5 cm³/mol. The summed E-state index contributed by atoms with van der Waals surface area (Å²) in [6.07, 6.45) is 3.93. The second kappa shape index (κ2) is 4.99. The molecule has 2 N–H and O–H groups in total. The van der Waals surface area contributed by atoms with Crippen molar-refractivity contribution in [2.75, 3.05) is 5.73 Å². The summed E-state index contributed by atoms with van der Waals surface area (Å²) in [5.41, 5.74) is 7.46. The summed E-state index contributed by atoms with van der Waals surface area (Å²) in [5, 5.41) is 4.51. The molecule has 0 atom stereocenters. The Kier molecular flexibility index (Phi) is 3.42. The van der Waals surface area contributed by atoms with Crippen LogP contribution >= 0.6 is 0 Å². The van der Waals surface area contributed by atoms with E-state index in [0.717, 1.165) is 29.9 Å². The first-order valence-electron chi connectivity index (χ1n) is 6.01. The second-order valence-corrected chi connectivity index (χ2v) is 4.14. The molecule has 1 aromatic heterocycles. The highest BCUT2D eigenvalue weighted by Gasteiger charge is 2.10. The summed E-state index contributed by atoms with van der Waals surface area (Å²) < 4.78 is 1.94. The van der Waals surface area contributed by atoms with Crippen LogP contribution < -0.4 is 5.73 Å². The van der Waals surface area contributed by atoms with Crippen LogP contribution in [0.2, 0.25) is 0 Å². The fourth-order valence-electron chi connectivity index (χ4n) is 1.92. The highest BCUT2D eigenvalue weighted by atomic mass is 15.3. The molecular formula is C13H18N4. The molecular weight excluding hydrogens is 212 g/mol. The van der Waals surface area contributed by atoms with Crippen molar-refractivity contribution in [1.29, 1.82) is 0 Å². The van der Waals surface area contributed by atoms with Crippen molar-refractivity contribution in [3.05, 3.63) is 30.6 Å². The first kappa shape index (κ1) is 11.6. The molecule has 4 nitrogen and oxygen atoms in total. The number of aromatic nitrogens is 3. The van der Waals surface area contributed by atoms with Crippen LogP contribution in [0.1, 0.15) is 32.7 Å². The summed E-state index contributed by atoms with van der Waals surface area (Å²) in [6, 6.07) is 8.08. The van der Waals surface area contributed by atoms with Gasteiger partial charge in [-0.1, -0.05) is 26.0 Å². The van der Waals surface area contributed by atoms with Crippen LogP contribution in [0, 0.1) is 0 Å². The van der Waals surface area contributed by atoms with Crippen LogP contribution in [-0.2, 0) is 0 Å². The minimum absolute atomic E-state index is 0.428. The standard InChI is InChI=1S/C13H18N4/c1-3-12(4-2)17-9-15-13(16-17)10-6-5-7-11(14)8-10/h5-9,12H,3-4,14H2,1-2H3. The van der Waals surface area contributed by atoms with Gasteiger partial charge in [-0.2, -0.15) is 5.10 Å². The van der Waals surface area contributed by atoms with Gasteiger partial charge in [-0.05, 0) is 25.0 Å². The summed E-state index contributed by atoms with van der Waals surface area (Å²) in [7, 11) is 0. The molecule has 0 bridgehead atoms. The largest absolute Gasteiger partial charge is 0.399 e. The average Bonchev–Trinajstić information content (AvgIpc) is 2.80. The Balaban J connectivity index is 2.29. The molecule has 1 aromatic carbocycles. The average molecular weight is 230 g/mol. The highest BCUT2D eigenvalue weighted by Crippen LogP contribution is 2.20. The van der Waals surface area contributed by atoms with Gasteiger partial charge in [0, 0.05) is 11.3 Å². The predicted octanol–water partition coefficient (Wildman–Crippen LogP) is 2.89. The lowest BCUT2D eigenvalue weighted by Crippen LogP contribution is -2.07. The van der Waals surface area contributed by atoms with E-state index in [1.54, 1.807) is 6.33 Å². The molecule has 0 unspecified atom stereocenters. The third kappa shape index (κ3) is 2.46. The van der Waals surface area contributed by atoms with E-state index in [-0.39, 0.29) is 0 Å². The number of hydrogen-bond donors (Lipinski definition) is 1. The number of anilines is 1. The highest BCUT2D eigenvalue weighted by molar-refractivity contribution is 5.60. The maximum Gasteiger partial charge on any atom is 0.181 e. The number of nitrogens with zero attached hydrogens (tertiary/aromatic N) is 3. The Morgan fingerprint density at radius 2 is 2.06 bits per heavy atom. The Morgan fingerprint density at radius 3 is 2.71 bits per heavy atom. The van der Waals surface area contributed by atoms with Gasteiger partial charge in [-0.25, -0.2) is 9.67 Å². The SMILES string of the molecule is CCC(CC)n1cnc(-c2cccc(N)c2)n1. The first-order chi connectivity index (χ1) is 8.24. The molecule has 0 spiro atoms. The van der Waals surface area contributed by atoms with E-state index in [0.29, 0.717) is 6.04 Å². The summed E-state index contributed by atoms with van der Waals surface area (Å²) in [6.45, 7) is 4.33. The van der Waals surface area contributed by atoms with Crippen molar-refractivity contribution in [1.82, 2.24) is 14.8 Å². The maximum atomic E-state index is 5.75. The van der Waals surface area contributed by atoms with E-state index in [9.17, 15) is 0 Å². The molecule has 1 heterocycles. The van der Waals surface area contributed by atoms with Crippen LogP contribution in [-0.4, -0.2) is 14.8 Å². The quantitative estimate of drug-likeness (QED) is 0.822. The van der Waals surface area contributed by atoms with Crippen molar-refractivity contribution in [3.8, 4) is 11.4 Å². The molecule has 90 valence electrons. The zero-order chi connectivity index (χ0) is 12.3. The zero-order valence-electron chi connectivity index (χ0n) is 10.3. The van der Waals surface area contributed by atoms with Crippen LogP contribution in [0.25, 0.3) is 11.4 Å². The van der Waals surface area contributed by atoms with E-state index in [2.05, 4.69) is 23.9 Å². The van der Waals surface area contributed by atoms with Gasteiger partial charge in [0.25, 0.3) is 0 Å². The normalized spacial score (nSPS) is 11.0. The molecule has 0 amide bonds. The van der Waals surface area contributed by atoms with Crippen molar-refractivity contribution < 1.29 is 0 Å². The van der Waals surface area contributed by atoms with Gasteiger partial charge in [0.1, 0.15) is 6.33 Å². The van der Waals surface area contributed by atoms with Gasteiger partial charge in [0.2, 0.25) is 0 Å². The minimum Gasteiger partial charge on any atom is -0.399 e. The molecule has 0 radical (unpaired) electrons. The van der Waals surface area contributed by atoms with E-state index >= 15 is 0 Å². The molecule has 0 saturated carbocycles. The first-order valence-corrected chi connectivity index (χ1v) is 6.01. The van der Waals surface area contributed by atoms with Crippen molar-refractivity contribution in [2.24, 2.45) is 0 Å². The van der Waals surface area contributed by atoms with Gasteiger partial charge in [-0.3, -0.25) is 0 Å². The third-order valence-corrected chi connectivity index (χ3v) is 2.97. The van der Waals surface area contributed by atoms with Gasteiger partial charge in [-0.15, -0.1) is 0 Å². The molecule has 0 aliphatic rings. The molecule has 0 fully saturated rings. The molecule has 0 aliphatic carbocycles. The van der Waals surface area contributed by atoms with Crippen LogP contribution in [0.4, 0.5) is 5.69 Å². The lowest BCUT2D eigenvalue weighted by molar-refractivity contribution is 0.428. The zero-order valence-corrected chi connectivity index (χ0v) is 10.3. The van der Waals surface area contributed by atoms with Crippen molar-refractivity contribution in [2.45, 2.75) is 32.7 Å². The number of nitrogen functional groups attached to an aromatic ring is 1. The Morgan fingerprint density at radius 1 is 1.29 bits per heavy atom. The van der Waals surface area contributed by atoms with E-state index < -0.39 is 0 Å². The van der Waals surface area contributed by atoms with E-state index in [1.165, 1.54) is 0 Å². The van der Waals surface area contributed by atoms with Crippen LogP contribution in [0.5, 0.6) is 0 Å². The maximum absolute atomic E-state index is 5.75. The number of rotatable bonds is 4. The number of hydrogen-bond acceptors (Lipinski definition) is 3. The van der Waals surface area contributed by atoms with Crippen molar-refractivity contribution in [3.63, 3.8) is 0 Å². The Hall–Kier alpha value is -1.84. The Bertz CT molecular complexity index is 486. The molecule has 2 rings (SSSR count). The molecule has 0 aliphatic heterocycles. The summed E-state index contributed by atoms with van der Waals surface area (Å²) in [5.74, 6) is 0.740. The lowest BCUT2D eigenvalue weighted by Gasteiger charge is -2.11. The summed E-state index contributed by atoms with van der Waals surface area (Å²) in [4.78, 5) is 4.34. The van der Waals surface area contributed by atoms with Gasteiger partial charge >= 0.3 is 0 Å². The third-order valence-electron chi connectivity index (χ3n) is 2.97. The topological polar surface area (TPSA) is 56.7 Å². The van der Waals surface area contributed by atoms with Crippen LogP contribution in [0.15, 0.2) is 30.6 Å². The van der Waals surface area contributed by atoms with Crippen molar-refractivity contribution >= 4 is 5.69 Å². The molecule has 4 heteroatoms. The molecule has 0 saturated heterocycles. The van der Waals surface area contributed by atoms with Gasteiger partial charge < -0.3 is 5.73 Å².